The van der Waals surface area contributed by atoms with E-state index in [-0.39, 0.29) is 17.1 Å². The summed E-state index contributed by atoms with van der Waals surface area (Å²) in [7, 11) is 0. The SMILES string of the molecule is Cc1ccc(Nc2cc3c(nnn3-c3cccc(C)c3)c3c2C(=O)c2ccccc2C3=O)cc1. The summed E-state index contributed by atoms with van der Waals surface area (Å²) < 4.78 is 1.71. The Morgan fingerprint density at radius 3 is 2.15 bits per heavy atom. The Balaban J connectivity index is 1.64. The molecule has 0 aliphatic heterocycles. The number of fused-ring (bicyclic) bond motifs is 4. The van der Waals surface area contributed by atoms with E-state index < -0.39 is 0 Å². The maximum absolute atomic E-state index is 13.7. The molecule has 0 saturated carbocycles. The van der Waals surface area contributed by atoms with Crippen molar-refractivity contribution in [2.75, 3.05) is 5.32 Å². The monoisotopic (exact) mass is 444 g/mol. The molecule has 0 fully saturated rings. The average Bonchev–Trinajstić information content (AvgIpc) is 3.27. The number of hydrogen-bond donors (Lipinski definition) is 1. The fourth-order valence-corrected chi connectivity index (χ4v) is 4.51. The number of carbonyl (C=O) groups is 2. The van der Waals surface area contributed by atoms with Gasteiger partial charge in [-0.15, -0.1) is 5.10 Å². The van der Waals surface area contributed by atoms with Gasteiger partial charge in [0.1, 0.15) is 5.52 Å². The van der Waals surface area contributed by atoms with Gasteiger partial charge in [-0.1, -0.05) is 59.3 Å². The zero-order valence-electron chi connectivity index (χ0n) is 18.7. The third kappa shape index (κ3) is 3.03. The summed E-state index contributed by atoms with van der Waals surface area (Å²) in [5.41, 5.74) is 6.88. The van der Waals surface area contributed by atoms with Gasteiger partial charge in [-0.2, -0.15) is 0 Å². The van der Waals surface area contributed by atoms with E-state index in [4.69, 9.17) is 0 Å². The molecule has 6 heteroatoms. The maximum Gasteiger partial charge on any atom is 0.196 e. The Hall–Kier alpha value is -4.58. The minimum absolute atomic E-state index is 0.202. The summed E-state index contributed by atoms with van der Waals surface area (Å²) >= 11 is 0. The number of carbonyl (C=O) groups excluding carboxylic acids is 2. The first-order valence-electron chi connectivity index (χ1n) is 11.0. The lowest BCUT2D eigenvalue weighted by molar-refractivity contribution is 0.0981. The summed E-state index contributed by atoms with van der Waals surface area (Å²) in [6.45, 7) is 4.02. The van der Waals surface area contributed by atoms with Gasteiger partial charge in [-0.05, 0) is 49.7 Å². The fourth-order valence-electron chi connectivity index (χ4n) is 4.51. The van der Waals surface area contributed by atoms with E-state index in [9.17, 15) is 9.59 Å². The normalized spacial score (nSPS) is 12.5. The second-order valence-corrected chi connectivity index (χ2v) is 8.58. The lowest BCUT2D eigenvalue weighted by Crippen LogP contribution is -2.22. The third-order valence-corrected chi connectivity index (χ3v) is 6.19. The van der Waals surface area contributed by atoms with Gasteiger partial charge < -0.3 is 5.32 Å². The number of hydrogen-bond acceptors (Lipinski definition) is 5. The molecular weight excluding hydrogens is 424 g/mol. The molecule has 0 unspecified atom stereocenters. The molecule has 0 amide bonds. The summed E-state index contributed by atoms with van der Waals surface area (Å²) in [6.07, 6.45) is 0. The molecular formula is C28H20N4O2. The van der Waals surface area contributed by atoms with Gasteiger partial charge in [0.25, 0.3) is 0 Å². The zero-order valence-corrected chi connectivity index (χ0v) is 18.7. The van der Waals surface area contributed by atoms with E-state index in [1.54, 1.807) is 28.9 Å². The van der Waals surface area contributed by atoms with E-state index >= 15 is 0 Å². The van der Waals surface area contributed by atoms with Gasteiger partial charge in [-0.3, -0.25) is 9.59 Å². The van der Waals surface area contributed by atoms with Crippen LogP contribution in [-0.4, -0.2) is 26.6 Å². The number of aryl methyl sites for hydroxylation is 2. The highest BCUT2D eigenvalue weighted by atomic mass is 16.1. The van der Waals surface area contributed by atoms with Gasteiger partial charge >= 0.3 is 0 Å². The van der Waals surface area contributed by atoms with Crippen LogP contribution in [0.4, 0.5) is 11.4 Å². The molecule has 1 aliphatic rings. The topological polar surface area (TPSA) is 76.9 Å². The number of nitrogens with one attached hydrogen (secondary N) is 1. The number of aromatic nitrogens is 3. The number of nitrogens with zero attached hydrogens (tertiary/aromatic N) is 3. The van der Waals surface area contributed by atoms with Gasteiger partial charge in [0, 0.05) is 16.8 Å². The van der Waals surface area contributed by atoms with Gasteiger partial charge in [0.05, 0.1) is 28.0 Å². The van der Waals surface area contributed by atoms with E-state index in [1.807, 2.05) is 68.4 Å². The van der Waals surface area contributed by atoms with Crippen molar-refractivity contribution in [3.8, 4) is 5.69 Å². The molecule has 0 atom stereocenters. The van der Waals surface area contributed by atoms with Gasteiger partial charge in [0.15, 0.2) is 11.6 Å². The third-order valence-electron chi connectivity index (χ3n) is 6.19. The highest BCUT2D eigenvalue weighted by molar-refractivity contribution is 6.33. The fraction of sp³-hybridized carbons (Fsp3) is 0.0714. The maximum atomic E-state index is 13.7. The van der Waals surface area contributed by atoms with Crippen LogP contribution >= 0.6 is 0 Å². The first-order chi connectivity index (χ1) is 16.5. The van der Waals surface area contributed by atoms with Crippen LogP contribution in [-0.2, 0) is 0 Å². The standard InChI is InChI=1S/C28H20N4O2/c1-16-10-12-18(13-11-16)29-22-15-23-26(30-31-32(23)19-7-5-6-17(2)14-19)25-24(22)27(33)20-8-3-4-9-21(20)28(25)34/h3-15,29H,1-2H3. The summed E-state index contributed by atoms with van der Waals surface area (Å²) in [6, 6.07) is 24.6. The van der Waals surface area contributed by atoms with Crippen LogP contribution in [0.3, 0.4) is 0 Å². The first-order valence-corrected chi connectivity index (χ1v) is 11.0. The van der Waals surface area contributed by atoms with Crippen LogP contribution in [0.25, 0.3) is 16.7 Å². The molecule has 4 aromatic carbocycles. The van der Waals surface area contributed by atoms with Crippen LogP contribution in [0.1, 0.15) is 43.0 Å². The Labute approximate surface area is 195 Å². The van der Waals surface area contributed by atoms with Crippen LogP contribution in [0.2, 0.25) is 0 Å². The van der Waals surface area contributed by atoms with Crippen molar-refractivity contribution in [3.05, 3.63) is 112 Å². The lowest BCUT2D eigenvalue weighted by Gasteiger charge is -2.21. The highest BCUT2D eigenvalue weighted by Gasteiger charge is 2.35. The van der Waals surface area contributed by atoms with Crippen molar-refractivity contribution < 1.29 is 9.59 Å². The van der Waals surface area contributed by atoms with Crippen molar-refractivity contribution in [3.63, 3.8) is 0 Å². The Kier molecular flexibility index (Phi) is 4.42. The Morgan fingerprint density at radius 2 is 1.44 bits per heavy atom. The minimum atomic E-state index is -0.223. The van der Waals surface area contributed by atoms with Crippen LogP contribution in [0.5, 0.6) is 0 Å². The molecule has 5 aromatic rings. The number of ketones is 2. The van der Waals surface area contributed by atoms with Crippen LogP contribution in [0.15, 0.2) is 78.9 Å². The molecule has 0 radical (unpaired) electrons. The molecule has 0 spiro atoms. The van der Waals surface area contributed by atoms with Gasteiger partial charge in [0.2, 0.25) is 0 Å². The number of rotatable bonds is 3. The van der Waals surface area contributed by atoms with Crippen molar-refractivity contribution in [1.82, 2.24) is 15.0 Å². The Bertz CT molecular complexity index is 1630. The zero-order chi connectivity index (χ0) is 23.4. The molecule has 6 rings (SSSR count). The van der Waals surface area contributed by atoms with Gasteiger partial charge in [-0.25, -0.2) is 4.68 Å². The molecule has 0 saturated heterocycles. The van der Waals surface area contributed by atoms with Crippen molar-refractivity contribution in [1.29, 1.82) is 0 Å². The van der Waals surface area contributed by atoms with E-state index in [2.05, 4.69) is 15.6 Å². The molecule has 6 nitrogen and oxygen atoms in total. The highest BCUT2D eigenvalue weighted by Crippen LogP contribution is 2.38. The van der Waals surface area contributed by atoms with Crippen molar-refractivity contribution in [2.45, 2.75) is 13.8 Å². The molecule has 1 heterocycles. The molecule has 164 valence electrons. The van der Waals surface area contributed by atoms with Crippen molar-refractivity contribution >= 4 is 34.0 Å². The largest absolute Gasteiger partial charge is 0.355 e. The van der Waals surface area contributed by atoms with E-state index in [0.717, 1.165) is 22.5 Å². The van der Waals surface area contributed by atoms with Crippen LogP contribution in [0, 0.1) is 13.8 Å². The van der Waals surface area contributed by atoms with E-state index in [0.29, 0.717) is 33.4 Å². The Morgan fingerprint density at radius 1 is 0.735 bits per heavy atom. The molecule has 0 bridgehead atoms. The second kappa shape index (κ2) is 7.49. The van der Waals surface area contributed by atoms with Crippen LogP contribution < -0.4 is 5.32 Å². The molecule has 34 heavy (non-hydrogen) atoms. The quantitative estimate of drug-likeness (QED) is 0.387. The smallest absolute Gasteiger partial charge is 0.196 e. The number of benzene rings is 4. The van der Waals surface area contributed by atoms with Crippen molar-refractivity contribution in [2.24, 2.45) is 0 Å². The number of anilines is 2. The predicted octanol–water partition coefficient (Wildman–Crippen LogP) is 5.56. The molecule has 1 N–H and O–H groups in total. The summed E-state index contributed by atoms with van der Waals surface area (Å²) in [5, 5.41) is 12.1. The first kappa shape index (κ1) is 20.1. The molecule has 1 aromatic heterocycles. The summed E-state index contributed by atoms with van der Waals surface area (Å²) in [5.74, 6) is -0.425. The minimum Gasteiger partial charge on any atom is -0.355 e. The van der Waals surface area contributed by atoms with E-state index in [1.165, 1.54) is 0 Å². The average molecular weight is 444 g/mol. The second-order valence-electron chi connectivity index (χ2n) is 8.58. The summed E-state index contributed by atoms with van der Waals surface area (Å²) in [4.78, 5) is 27.3. The molecule has 1 aliphatic carbocycles. The predicted molar refractivity (Wildman–Crippen MR) is 131 cm³/mol. The lowest BCUT2D eigenvalue weighted by atomic mass is 9.82.